The summed E-state index contributed by atoms with van der Waals surface area (Å²) in [4.78, 5) is 20.1. The van der Waals surface area contributed by atoms with Crippen molar-refractivity contribution >= 4 is 6.09 Å². The van der Waals surface area contributed by atoms with Crippen molar-refractivity contribution in [3.8, 4) is 5.88 Å². The van der Waals surface area contributed by atoms with Crippen LogP contribution in [0.1, 0.15) is 56.1 Å². The Bertz CT molecular complexity index is 721. The number of rotatable bonds is 4. The predicted molar refractivity (Wildman–Crippen MR) is 106 cm³/mol. The van der Waals surface area contributed by atoms with Gasteiger partial charge in [-0.05, 0) is 64.1 Å². The van der Waals surface area contributed by atoms with Crippen molar-refractivity contribution < 1.29 is 27.4 Å². The van der Waals surface area contributed by atoms with Crippen LogP contribution in [0.3, 0.4) is 0 Å². The maximum atomic E-state index is 13.1. The van der Waals surface area contributed by atoms with Crippen molar-refractivity contribution in [3.05, 3.63) is 23.4 Å². The number of likely N-dealkylation sites (tertiary alicyclic amines) is 2. The fraction of sp³-hybridized carbons (Fsp3) is 0.714. The van der Waals surface area contributed by atoms with Gasteiger partial charge in [-0.1, -0.05) is 0 Å². The number of nitrogens with zero attached hydrogens (tertiary/aromatic N) is 3. The molecule has 2 aliphatic heterocycles. The van der Waals surface area contributed by atoms with Crippen molar-refractivity contribution in [1.29, 1.82) is 0 Å². The first kappa shape index (κ1) is 22.7. The van der Waals surface area contributed by atoms with E-state index in [1.807, 2.05) is 0 Å². The van der Waals surface area contributed by atoms with E-state index in [0.29, 0.717) is 31.3 Å². The van der Waals surface area contributed by atoms with E-state index >= 15 is 0 Å². The van der Waals surface area contributed by atoms with Crippen LogP contribution in [0, 0.1) is 0 Å². The topological polar surface area (TPSA) is 54.9 Å². The second-order valence-electron chi connectivity index (χ2n) is 7.90. The van der Waals surface area contributed by atoms with Crippen LogP contribution in [0.25, 0.3) is 0 Å². The Hall–Kier alpha value is -2.03. The van der Waals surface area contributed by atoms with Crippen LogP contribution < -0.4 is 4.74 Å². The Morgan fingerprint density at radius 2 is 1.90 bits per heavy atom. The van der Waals surface area contributed by atoms with Crippen molar-refractivity contribution in [1.82, 2.24) is 14.8 Å². The molecule has 9 heteroatoms. The molecule has 1 amide bonds. The third kappa shape index (κ3) is 5.36. The molecular weight excluding hydrogens is 399 g/mol. The monoisotopic (exact) mass is 429 g/mol. The van der Waals surface area contributed by atoms with Crippen molar-refractivity contribution in [2.45, 2.75) is 57.2 Å². The lowest BCUT2D eigenvalue weighted by molar-refractivity contribution is -0.137. The molecule has 3 rings (SSSR count). The van der Waals surface area contributed by atoms with E-state index in [-0.39, 0.29) is 17.9 Å². The summed E-state index contributed by atoms with van der Waals surface area (Å²) < 4.78 is 49.7. The number of carbonyl (C=O) groups is 1. The van der Waals surface area contributed by atoms with Crippen LogP contribution >= 0.6 is 0 Å². The molecule has 0 bridgehead atoms. The highest BCUT2D eigenvalue weighted by molar-refractivity contribution is 5.67. The van der Waals surface area contributed by atoms with E-state index in [4.69, 9.17) is 9.47 Å². The minimum Gasteiger partial charge on any atom is -0.481 e. The van der Waals surface area contributed by atoms with E-state index in [1.54, 1.807) is 11.8 Å². The molecule has 1 atom stereocenters. The summed E-state index contributed by atoms with van der Waals surface area (Å²) in [6, 6.07) is 1.57. The molecule has 0 aliphatic carbocycles. The van der Waals surface area contributed by atoms with Crippen molar-refractivity contribution in [2.24, 2.45) is 0 Å². The minimum absolute atomic E-state index is 0.00666. The lowest BCUT2D eigenvalue weighted by atomic mass is 9.88. The quantitative estimate of drug-likeness (QED) is 0.714. The number of alkyl halides is 3. The minimum atomic E-state index is -4.42. The van der Waals surface area contributed by atoms with Gasteiger partial charge in [-0.25, -0.2) is 9.78 Å². The van der Waals surface area contributed by atoms with E-state index in [1.165, 1.54) is 13.2 Å². The summed E-state index contributed by atoms with van der Waals surface area (Å²) in [5.74, 6) is 0.272. The molecule has 168 valence electrons. The van der Waals surface area contributed by atoms with Crippen LogP contribution in [0.5, 0.6) is 5.88 Å². The average Bonchev–Trinajstić information content (AvgIpc) is 2.99. The van der Waals surface area contributed by atoms with Crippen molar-refractivity contribution in [3.63, 3.8) is 0 Å². The maximum Gasteiger partial charge on any atom is 0.417 e. The number of ether oxygens (including phenoxy) is 2. The number of amides is 1. The molecular formula is C21H30F3N3O3. The zero-order valence-electron chi connectivity index (χ0n) is 17.6. The molecule has 30 heavy (non-hydrogen) atoms. The van der Waals surface area contributed by atoms with Crippen LogP contribution in [0.2, 0.25) is 0 Å². The second kappa shape index (κ2) is 9.85. The van der Waals surface area contributed by atoms with Gasteiger partial charge in [0.2, 0.25) is 5.88 Å². The third-order valence-corrected chi connectivity index (χ3v) is 6.11. The SMILES string of the molecule is CCOC(=O)N1CCCC(N2CCC(c3cc(C(F)(F)F)cnc3OC)CC2)CC1. The van der Waals surface area contributed by atoms with Gasteiger partial charge in [-0.2, -0.15) is 13.2 Å². The normalized spacial score (nSPS) is 21.9. The maximum absolute atomic E-state index is 13.1. The zero-order chi connectivity index (χ0) is 21.7. The Morgan fingerprint density at radius 3 is 2.53 bits per heavy atom. The average molecular weight is 429 g/mol. The van der Waals surface area contributed by atoms with Gasteiger partial charge in [0.25, 0.3) is 0 Å². The van der Waals surface area contributed by atoms with Gasteiger partial charge in [-0.3, -0.25) is 0 Å². The molecule has 1 aromatic rings. The predicted octanol–water partition coefficient (Wildman–Crippen LogP) is 4.30. The first-order valence-electron chi connectivity index (χ1n) is 10.6. The highest BCUT2D eigenvalue weighted by atomic mass is 19.4. The van der Waals surface area contributed by atoms with Crippen molar-refractivity contribution in [2.75, 3.05) is 39.9 Å². The van der Waals surface area contributed by atoms with Gasteiger partial charge in [0.05, 0.1) is 19.3 Å². The Labute approximate surface area is 175 Å². The van der Waals surface area contributed by atoms with Crippen LogP contribution in [0.15, 0.2) is 12.3 Å². The molecule has 0 radical (unpaired) electrons. The Kier molecular flexibility index (Phi) is 7.44. The van der Waals surface area contributed by atoms with Gasteiger partial charge in [-0.15, -0.1) is 0 Å². The number of aromatic nitrogens is 1. The molecule has 3 heterocycles. The largest absolute Gasteiger partial charge is 0.481 e. The molecule has 2 saturated heterocycles. The van der Waals surface area contributed by atoms with Gasteiger partial charge < -0.3 is 19.3 Å². The van der Waals surface area contributed by atoms with Gasteiger partial charge in [0.1, 0.15) is 0 Å². The lowest BCUT2D eigenvalue weighted by Crippen LogP contribution is -2.42. The summed E-state index contributed by atoms with van der Waals surface area (Å²) in [5.41, 5.74) is -0.190. The number of piperidine rings is 1. The number of pyridine rings is 1. The zero-order valence-corrected chi connectivity index (χ0v) is 17.6. The molecule has 0 saturated carbocycles. The van der Waals surface area contributed by atoms with Crippen LogP contribution in [-0.4, -0.2) is 66.8 Å². The van der Waals surface area contributed by atoms with E-state index in [2.05, 4.69) is 9.88 Å². The summed E-state index contributed by atoms with van der Waals surface area (Å²) >= 11 is 0. The Balaban J connectivity index is 1.60. The summed E-state index contributed by atoms with van der Waals surface area (Å²) in [6.45, 7) is 5.19. The first-order chi connectivity index (χ1) is 14.3. The second-order valence-corrected chi connectivity index (χ2v) is 7.90. The first-order valence-corrected chi connectivity index (χ1v) is 10.6. The molecule has 2 fully saturated rings. The summed E-state index contributed by atoms with van der Waals surface area (Å²) in [7, 11) is 1.44. The lowest BCUT2D eigenvalue weighted by Gasteiger charge is -2.37. The molecule has 1 aromatic heterocycles. The van der Waals surface area contributed by atoms with Gasteiger partial charge in [0, 0.05) is 30.9 Å². The van der Waals surface area contributed by atoms with Gasteiger partial charge >= 0.3 is 12.3 Å². The summed E-state index contributed by atoms with van der Waals surface area (Å²) in [5, 5.41) is 0. The standard InChI is InChI=1S/C21H30F3N3O3/c1-3-30-20(28)27-9-4-5-17(8-12-27)26-10-6-15(7-11-26)18-13-16(21(22,23)24)14-25-19(18)29-2/h13-15,17H,3-12H2,1-2H3. The Morgan fingerprint density at radius 1 is 1.17 bits per heavy atom. The third-order valence-electron chi connectivity index (χ3n) is 6.11. The highest BCUT2D eigenvalue weighted by Gasteiger charge is 2.34. The molecule has 0 spiro atoms. The van der Waals surface area contributed by atoms with E-state index < -0.39 is 11.7 Å². The number of carbonyl (C=O) groups excluding carboxylic acids is 1. The number of hydrogen-bond acceptors (Lipinski definition) is 5. The number of hydrogen-bond donors (Lipinski definition) is 0. The van der Waals surface area contributed by atoms with Crippen LogP contribution in [-0.2, 0) is 10.9 Å². The van der Waals surface area contributed by atoms with E-state index in [0.717, 1.165) is 51.4 Å². The number of halogens is 3. The fourth-order valence-corrected chi connectivity index (χ4v) is 4.50. The number of methoxy groups -OCH3 is 1. The van der Waals surface area contributed by atoms with E-state index in [9.17, 15) is 18.0 Å². The molecule has 1 unspecified atom stereocenters. The molecule has 6 nitrogen and oxygen atoms in total. The van der Waals surface area contributed by atoms with Crippen LogP contribution in [0.4, 0.5) is 18.0 Å². The fourth-order valence-electron chi connectivity index (χ4n) is 4.50. The molecule has 0 N–H and O–H groups in total. The molecule has 0 aromatic carbocycles. The van der Waals surface area contributed by atoms with Gasteiger partial charge in [0.15, 0.2) is 0 Å². The summed E-state index contributed by atoms with van der Waals surface area (Å²) in [6.07, 6.45) is 0.510. The highest BCUT2D eigenvalue weighted by Crippen LogP contribution is 2.38. The molecule has 2 aliphatic rings. The smallest absolute Gasteiger partial charge is 0.417 e.